The fourth-order valence-corrected chi connectivity index (χ4v) is 2.11. The van der Waals surface area contributed by atoms with Gasteiger partial charge in [0, 0.05) is 17.8 Å². The predicted molar refractivity (Wildman–Crippen MR) is 77.4 cm³/mol. The zero-order chi connectivity index (χ0) is 14.5. The van der Waals surface area contributed by atoms with Crippen molar-refractivity contribution in [2.24, 2.45) is 0 Å². The Balaban J connectivity index is 1.63. The van der Waals surface area contributed by atoms with E-state index in [9.17, 15) is 0 Å². The van der Waals surface area contributed by atoms with Gasteiger partial charge in [-0.05, 0) is 30.3 Å². The maximum atomic E-state index is 8.46. The van der Waals surface area contributed by atoms with Crippen LogP contribution in [0.3, 0.4) is 0 Å². The summed E-state index contributed by atoms with van der Waals surface area (Å²) >= 11 is 0. The van der Waals surface area contributed by atoms with Gasteiger partial charge in [-0.2, -0.15) is 5.26 Å². The first-order chi connectivity index (χ1) is 10.4. The molecule has 0 radical (unpaired) electrons. The van der Waals surface area contributed by atoms with Crippen LogP contribution >= 0.6 is 0 Å². The maximum absolute atomic E-state index is 8.46. The van der Waals surface area contributed by atoms with Gasteiger partial charge in [0.15, 0.2) is 18.1 Å². The second-order valence-corrected chi connectivity index (χ2v) is 4.48. The molecule has 0 fully saturated rings. The molecule has 0 unspecified atom stereocenters. The molecule has 5 nitrogen and oxygen atoms in total. The number of para-hydroxylation sites is 1. The lowest BCUT2D eigenvalue weighted by molar-refractivity contribution is 0.173. The van der Waals surface area contributed by atoms with Gasteiger partial charge < -0.3 is 19.5 Å². The van der Waals surface area contributed by atoms with E-state index in [1.165, 1.54) is 0 Å². The molecular formula is C16H14N2O3. The van der Waals surface area contributed by atoms with Crippen LogP contribution in [-0.4, -0.2) is 13.4 Å². The molecule has 3 rings (SSSR count). The van der Waals surface area contributed by atoms with Crippen molar-refractivity contribution in [2.75, 3.05) is 18.7 Å². The molecule has 106 valence electrons. The topological polar surface area (TPSA) is 63.5 Å². The van der Waals surface area contributed by atoms with E-state index < -0.39 is 0 Å². The largest absolute Gasteiger partial charge is 0.479 e. The van der Waals surface area contributed by atoms with Crippen molar-refractivity contribution in [1.82, 2.24) is 0 Å². The number of hydrogen-bond donors (Lipinski definition) is 1. The number of hydrogen-bond acceptors (Lipinski definition) is 5. The highest BCUT2D eigenvalue weighted by Gasteiger charge is 2.16. The molecule has 2 aromatic rings. The van der Waals surface area contributed by atoms with Crippen LogP contribution in [0.15, 0.2) is 42.5 Å². The van der Waals surface area contributed by atoms with E-state index in [4.69, 9.17) is 19.5 Å². The fourth-order valence-electron chi connectivity index (χ4n) is 2.11. The van der Waals surface area contributed by atoms with Gasteiger partial charge in [0.05, 0.1) is 0 Å². The van der Waals surface area contributed by atoms with E-state index in [2.05, 4.69) is 5.32 Å². The van der Waals surface area contributed by atoms with Crippen LogP contribution in [0.4, 0.5) is 5.69 Å². The number of nitrogens with one attached hydrogen (secondary N) is 1. The summed E-state index contributed by atoms with van der Waals surface area (Å²) in [5, 5.41) is 11.8. The molecule has 5 heteroatoms. The molecular weight excluding hydrogens is 268 g/mol. The third-order valence-electron chi connectivity index (χ3n) is 3.12. The Bertz CT molecular complexity index is 662. The van der Waals surface area contributed by atoms with Crippen LogP contribution in [0, 0.1) is 11.3 Å². The highest BCUT2D eigenvalue weighted by atomic mass is 16.7. The second-order valence-electron chi connectivity index (χ2n) is 4.48. The molecule has 0 saturated carbocycles. The van der Waals surface area contributed by atoms with Gasteiger partial charge in [-0.3, -0.25) is 0 Å². The summed E-state index contributed by atoms with van der Waals surface area (Å²) < 4.78 is 16.0. The van der Waals surface area contributed by atoms with Gasteiger partial charge in [0.25, 0.3) is 0 Å². The van der Waals surface area contributed by atoms with Gasteiger partial charge in [-0.25, -0.2) is 0 Å². The molecule has 21 heavy (non-hydrogen) atoms. The number of benzene rings is 2. The summed E-state index contributed by atoms with van der Waals surface area (Å²) in [5.74, 6) is 2.27. The van der Waals surface area contributed by atoms with Crippen LogP contribution in [0.1, 0.15) is 5.56 Å². The Morgan fingerprint density at radius 2 is 2.00 bits per heavy atom. The minimum Gasteiger partial charge on any atom is -0.479 e. The number of anilines is 1. The van der Waals surface area contributed by atoms with Crippen molar-refractivity contribution < 1.29 is 14.2 Å². The predicted octanol–water partition coefficient (Wildman–Crippen LogP) is 2.93. The lowest BCUT2D eigenvalue weighted by Crippen LogP contribution is -2.01. The van der Waals surface area contributed by atoms with E-state index in [0.29, 0.717) is 12.3 Å². The van der Waals surface area contributed by atoms with E-state index in [-0.39, 0.29) is 13.4 Å². The van der Waals surface area contributed by atoms with E-state index in [1.54, 1.807) is 0 Å². The lowest BCUT2D eigenvalue weighted by atomic mass is 10.2. The highest BCUT2D eigenvalue weighted by Crippen LogP contribution is 2.35. The zero-order valence-electron chi connectivity index (χ0n) is 11.3. The van der Waals surface area contributed by atoms with Crippen LogP contribution in [-0.2, 0) is 6.54 Å². The molecule has 1 heterocycles. The van der Waals surface area contributed by atoms with Crippen molar-refractivity contribution in [2.45, 2.75) is 6.54 Å². The quantitative estimate of drug-likeness (QED) is 0.913. The monoisotopic (exact) mass is 282 g/mol. The van der Waals surface area contributed by atoms with Gasteiger partial charge in [-0.1, -0.05) is 12.1 Å². The third-order valence-corrected chi connectivity index (χ3v) is 3.12. The summed E-state index contributed by atoms with van der Waals surface area (Å²) in [5.41, 5.74) is 2.02. The van der Waals surface area contributed by atoms with Gasteiger partial charge >= 0.3 is 0 Å². The zero-order valence-corrected chi connectivity index (χ0v) is 11.3. The molecule has 2 aromatic carbocycles. The third kappa shape index (κ3) is 3.00. The molecule has 0 atom stereocenters. The summed E-state index contributed by atoms with van der Waals surface area (Å²) in [6.07, 6.45) is 0. The molecule has 0 bridgehead atoms. The number of rotatable bonds is 5. The molecule has 0 aromatic heterocycles. The van der Waals surface area contributed by atoms with E-state index in [0.717, 1.165) is 22.7 Å². The lowest BCUT2D eigenvalue weighted by Gasteiger charge is -2.09. The van der Waals surface area contributed by atoms with Crippen LogP contribution < -0.4 is 19.5 Å². The second kappa shape index (κ2) is 6.06. The van der Waals surface area contributed by atoms with Gasteiger partial charge in [0.2, 0.25) is 6.79 Å². The SMILES string of the molecule is N#CCOc1ccc(NCc2cccc3c2OCO3)cc1. The molecule has 1 aliphatic heterocycles. The van der Waals surface area contributed by atoms with Crippen LogP contribution in [0.25, 0.3) is 0 Å². The molecule has 1 N–H and O–H groups in total. The average molecular weight is 282 g/mol. The van der Waals surface area contributed by atoms with Crippen molar-refractivity contribution in [3.05, 3.63) is 48.0 Å². The number of ether oxygens (including phenoxy) is 3. The van der Waals surface area contributed by atoms with E-state index >= 15 is 0 Å². The molecule has 0 aliphatic carbocycles. The number of nitrogens with zero attached hydrogens (tertiary/aromatic N) is 1. The Morgan fingerprint density at radius 1 is 1.14 bits per heavy atom. The van der Waals surface area contributed by atoms with E-state index in [1.807, 2.05) is 48.5 Å². The van der Waals surface area contributed by atoms with Crippen molar-refractivity contribution in [1.29, 1.82) is 5.26 Å². The minimum atomic E-state index is 0.0558. The van der Waals surface area contributed by atoms with Gasteiger partial charge in [0.1, 0.15) is 11.8 Å². The summed E-state index contributed by atoms with van der Waals surface area (Å²) in [7, 11) is 0. The summed E-state index contributed by atoms with van der Waals surface area (Å²) in [6, 6.07) is 15.3. The Morgan fingerprint density at radius 3 is 2.81 bits per heavy atom. The molecule has 0 saturated heterocycles. The molecule has 1 aliphatic rings. The van der Waals surface area contributed by atoms with Gasteiger partial charge in [-0.15, -0.1) is 0 Å². The smallest absolute Gasteiger partial charge is 0.231 e. The molecule has 0 spiro atoms. The minimum absolute atomic E-state index is 0.0558. The molecule has 0 amide bonds. The highest BCUT2D eigenvalue weighted by molar-refractivity contribution is 5.51. The summed E-state index contributed by atoms with van der Waals surface area (Å²) in [4.78, 5) is 0. The van der Waals surface area contributed by atoms with Crippen molar-refractivity contribution in [3.8, 4) is 23.3 Å². The summed E-state index contributed by atoms with van der Waals surface area (Å²) in [6.45, 7) is 0.975. The Labute approximate surface area is 122 Å². The first-order valence-electron chi connectivity index (χ1n) is 6.58. The van der Waals surface area contributed by atoms with Crippen molar-refractivity contribution >= 4 is 5.69 Å². The number of fused-ring (bicyclic) bond motifs is 1. The van der Waals surface area contributed by atoms with Crippen LogP contribution in [0.5, 0.6) is 17.2 Å². The first-order valence-corrected chi connectivity index (χ1v) is 6.58. The van der Waals surface area contributed by atoms with Crippen molar-refractivity contribution in [3.63, 3.8) is 0 Å². The average Bonchev–Trinajstić information content (AvgIpc) is 3.01. The number of nitriles is 1. The Kier molecular flexibility index (Phi) is 3.79. The normalized spacial score (nSPS) is 11.8. The standard InChI is InChI=1S/C16H14N2O3/c17-8-9-19-14-6-4-13(5-7-14)18-10-12-2-1-3-15-16(12)21-11-20-15/h1-7,18H,9-11H2. The fraction of sp³-hybridized carbons (Fsp3) is 0.188. The first kappa shape index (κ1) is 13.1. The van der Waals surface area contributed by atoms with Crippen LogP contribution in [0.2, 0.25) is 0 Å². The maximum Gasteiger partial charge on any atom is 0.231 e. The Hall–Kier alpha value is -2.87.